The van der Waals surface area contributed by atoms with E-state index >= 15 is 0 Å². The second-order valence-corrected chi connectivity index (χ2v) is 6.04. The molecule has 0 atom stereocenters. The molecule has 1 aliphatic heterocycles. The van der Waals surface area contributed by atoms with Gasteiger partial charge in [-0.2, -0.15) is 0 Å². The molecule has 1 aliphatic rings. The van der Waals surface area contributed by atoms with Crippen molar-refractivity contribution < 1.29 is 14.6 Å². The molecule has 0 amide bonds. The third kappa shape index (κ3) is 6.32. The molecule has 24 heavy (non-hydrogen) atoms. The number of hydrogen-bond donors (Lipinski definition) is 2. The number of ether oxygens (including phenoxy) is 1. The number of carboxylic acid groups (broad SMARTS) is 1. The summed E-state index contributed by atoms with van der Waals surface area (Å²) in [4.78, 5) is 9.75. The van der Waals surface area contributed by atoms with Gasteiger partial charge in [-0.1, -0.05) is 24.3 Å². The van der Waals surface area contributed by atoms with E-state index in [9.17, 15) is 4.79 Å². The van der Waals surface area contributed by atoms with Crippen LogP contribution >= 0.6 is 0 Å². The number of fused-ring (bicyclic) bond motifs is 1. The summed E-state index contributed by atoms with van der Waals surface area (Å²) in [5.41, 5.74) is 3.77. The first-order chi connectivity index (χ1) is 11.3. The van der Waals surface area contributed by atoms with Crippen LogP contribution in [0.5, 0.6) is 5.75 Å². The normalized spacial score (nSPS) is 15.1. The van der Waals surface area contributed by atoms with Crippen molar-refractivity contribution in [2.45, 2.75) is 40.2 Å². The van der Waals surface area contributed by atoms with Crippen molar-refractivity contribution in [1.29, 1.82) is 0 Å². The standard InChI is InChI=1S/C14H19NO.C6H8O2/c1-5-16-11-6-7-13-12(8-11)10(2)9-14(3,4)15-13;1-2-3-4-5-6(7)8/h6-9,15H,5H2,1-4H3;2-5H,1H3,(H,7,8)/b;3-2+,5-4+. The van der Waals surface area contributed by atoms with Crippen LogP contribution in [0.1, 0.15) is 40.2 Å². The summed E-state index contributed by atoms with van der Waals surface area (Å²) in [7, 11) is 0. The fourth-order valence-electron chi connectivity index (χ4n) is 2.47. The van der Waals surface area contributed by atoms with E-state index in [0.29, 0.717) is 6.61 Å². The van der Waals surface area contributed by atoms with Gasteiger partial charge < -0.3 is 15.2 Å². The maximum absolute atomic E-state index is 9.75. The maximum Gasteiger partial charge on any atom is 0.328 e. The van der Waals surface area contributed by atoms with Gasteiger partial charge in [-0.15, -0.1) is 0 Å². The number of rotatable bonds is 4. The lowest BCUT2D eigenvalue weighted by Crippen LogP contribution is -2.31. The monoisotopic (exact) mass is 329 g/mol. The molecular formula is C20H27NO3. The first kappa shape index (κ1) is 19.6. The van der Waals surface area contributed by atoms with Crippen LogP contribution < -0.4 is 10.1 Å². The molecule has 1 aromatic carbocycles. The minimum absolute atomic E-state index is 0.0320. The third-order valence-electron chi connectivity index (χ3n) is 3.30. The average molecular weight is 329 g/mol. The van der Waals surface area contributed by atoms with Crippen molar-refractivity contribution in [3.8, 4) is 5.75 Å². The van der Waals surface area contributed by atoms with Crippen LogP contribution in [0.3, 0.4) is 0 Å². The van der Waals surface area contributed by atoms with Gasteiger partial charge in [0.2, 0.25) is 0 Å². The van der Waals surface area contributed by atoms with E-state index in [-0.39, 0.29) is 5.54 Å². The molecule has 0 saturated heterocycles. The molecule has 1 heterocycles. The average Bonchev–Trinajstić information content (AvgIpc) is 2.48. The molecule has 130 valence electrons. The van der Waals surface area contributed by atoms with E-state index < -0.39 is 5.97 Å². The molecule has 0 bridgehead atoms. The van der Waals surface area contributed by atoms with Gasteiger partial charge >= 0.3 is 5.97 Å². The highest BCUT2D eigenvalue weighted by Gasteiger charge is 2.22. The molecular weight excluding hydrogens is 302 g/mol. The molecule has 2 N–H and O–H groups in total. The molecule has 0 fully saturated rings. The molecule has 0 radical (unpaired) electrons. The summed E-state index contributed by atoms with van der Waals surface area (Å²) in [6.45, 7) is 11.0. The van der Waals surface area contributed by atoms with Gasteiger partial charge in [-0.3, -0.25) is 0 Å². The molecule has 0 aromatic heterocycles. The van der Waals surface area contributed by atoms with E-state index in [4.69, 9.17) is 9.84 Å². The second kappa shape index (κ2) is 8.96. The number of anilines is 1. The highest BCUT2D eigenvalue weighted by molar-refractivity contribution is 5.81. The number of benzene rings is 1. The lowest BCUT2D eigenvalue weighted by atomic mass is 9.91. The maximum atomic E-state index is 9.75. The van der Waals surface area contributed by atoms with Gasteiger partial charge in [0.1, 0.15) is 5.75 Å². The Morgan fingerprint density at radius 1 is 1.33 bits per heavy atom. The van der Waals surface area contributed by atoms with Crippen LogP contribution in [0, 0.1) is 0 Å². The van der Waals surface area contributed by atoms with Gasteiger partial charge in [0.25, 0.3) is 0 Å². The predicted octanol–water partition coefficient (Wildman–Crippen LogP) is 4.90. The SMILES string of the molecule is C/C=C/C=C/C(=O)O.CCOc1ccc2c(c1)C(C)=CC(C)(C)N2. The second-order valence-electron chi connectivity index (χ2n) is 6.04. The number of nitrogens with one attached hydrogen (secondary N) is 1. The first-order valence-electron chi connectivity index (χ1n) is 8.06. The molecule has 4 nitrogen and oxygen atoms in total. The molecule has 0 unspecified atom stereocenters. The molecule has 2 rings (SSSR count). The zero-order valence-electron chi connectivity index (χ0n) is 15.1. The third-order valence-corrected chi connectivity index (χ3v) is 3.30. The smallest absolute Gasteiger partial charge is 0.328 e. The van der Waals surface area contributed by atoms with Gasteiger partial charge in [-0.25, -0.2) is 4.79 Å². The van der Waals surface area contributed by atoms with Crippen molar-refractivity contribution in [3.63, 3.8) is 0 Å². The van der Waals surface area contributed by atoms with Crippen LogP contribution in [0.15, 0.2) is 48.6 Å². The van der Waals surface area contributed by atoms with Crippen molar-refractivity contribution in [3.05, 3.63) is 54.1 Å². The molecule has 0 saturated carbocycles. The van der Waals surface area contributed by atoms with Gasteiger partial charge in [0.05, 0.1) is 12.1 Å². The quantitative estimate of drug-likeness (QED) is 0.609. The number of allylic oxidation sites excluding steroid dienone is 4. The van der Waals surface area contributed by atoms with Crippen LogP contribution in [0.2, 0.25) is 0 Å². The summed E-state index contributed by atoms with van der Waals surface area (Å²) in [6, 6.07) is 6.22. The van der Waals surface area contributed by atoms with Crippen LogP contribution in [0.4, 0.5) is 5.69 Å². The van der Waals surface area contributed by atoms with E-state index in [0.717, 1.165) is 11.8 Å². The molecule has 4 heteroatoms. The minimum atomic E-state index is -0.914. The first-order valence-corrected chi connectivity index (χ1v) is 8.06. The highest BCUT2D eigenvalue weighted by atomic mass is 16.5. The Balaban J connectivity index is 0.000000307. The van der Waals surface area contributed by atoms with Crippen molar-refractivity contribution >= 4 is 17.2 Å². The summed E-state index contributed by atoms with van der Waals surface area (Å²) < 4.78 is 5.52. The Morgan fingerprint density at radius 3 is 2.62 bits per heavy atom. The summed E-state index contributed by atoms with van der Waals surface area (Å²) in [5, 5.41) is 11.5. The van der Waals surface area contributed by atoms with Gasteiger partial charge in [-0.05, 0) is 58.4 Å². The van der Waals surface area contributed by atoms with Crippen LogP contribution in [-0.4, -0.2) is 23.2 Å². The van der Waals surface area contributed by atoms with Gasteiger partial charge in [0.15, 0.2) is 0 Å². The van der Waals surface area contributed by atoms with Crippen LogP contribution in [-0.2, 0) is 4.79 Å². The van der Waals surface area contributed by atoms with E-state index in [2.05, 4.69) is 44.3 Å². The molecule has 0 spiro atoms. The topological polar surface area (TPSA) is 58.6 Å². The number of carboxylic acids is 1. The zero-order chi connectivity index (χ0) is 18.2. The Hall–Kier alpha value is -2.49. The predicted molar refractivity (Wildman–Crippen MR) is 101 cm³/mol. The largest absolute Gasteiger partial charge is 0.494 e. The molecule has 1 aromatic rings. The minimum Gasteiger partial charge on any atom is -0.494 e. The Kier molecular flexibility index (Phi) is 7.31. The van der Waals surface area contributed by atoms with E-state index in [1.807, 2.05) is 19.9 Å². The Labute approximate surface area is 144 Å². The Bertz CT molecular complexity index is 655. The highest BCUT2D eigenvalue weighted by Crippen LogP contribution is 2.35. The van der Waals surface area contributed by atoms with Crippen molar-refractivity contribution in [1.82, 2.24) is 0 Å². The fraction of sp³-hybridized carbons (Fsp3) is 0.350. The molecule has 0 aliphatic carbocycles. The van der Waals surface area contributed by atoms with Crippen molar-refractivity contribution in [2.75, 3.05) is 11.9 Å². The van der Waals surface area contributed by atoms with E-state index in [1.165, 1.54) is 22.9 Å². The number of hydrogen-bond acceptors (Lipinski definition) is 3. The summed E-state index contributed by atoms with van der Waals surface area (Å²) in [5.74, 6) is 0.0265. The van der Waals surface area contributed by atoms with Crippen molar-refractivity contribution in [2.24, 2.45) is 0 Å². The lowest BCUT2D eigenvalue weighted by Gasteiger charge is -2.31. The lowest BCUT2D eigenvalue weighted by molar-refractivity contribution is -0.131. The summed E-state index contributed by atoms with van der Waals surface area (Å²) in [6.07, 6.45) is 8.24. The number of carbonyl (C=O) groups is 1. The van der Waals surface area contributed by atoms with Gasteiger partial charge in [0, 0.05) is 17.3 Å². The van der Waals surface area contributed by atoms with E-state index in [1.54, 1.807) is 12.2 Å². The van der Waals surface area contributed by atoms with Crippen LogP contribution in [0.25, 0.3) is 5.57 Å². The fourth-order valence-corrected chi connectivity index (χ4v) is 2.47. The Morgan fingerprint density at radius 2 is 2.04 bits per heavy atom. The zero-order valence-corrected chi connectivity index (χ0v) is 15.1. The summed E-state index contributed by atoms with van der Waals surface area (Å²) >= 11 is 0. The number of aliphatic carboxylic acids is 1.